The van der Waals surface area contributed by atoms with Gasteiger partial charge in [-0.05, 0) is 25.3 Å². The van der Waals surface area contributed by atoms with Gasteiger partial charge in [0.2, 0.25) is 0 Å². The summed E-state index contributed by atoms with van der Waals surface area (Å²) in [7, 11) is 1.74. The predicted molar refractivity (Wildman–Crippen MR) is 54.7 cm³/mol. The van der Waals surface area contributed by atoms with Crippen LogP contribution in [-0.4, -0.2) is 44.3 Å². The molecule has 1 saturated carbocycles. The Labute approximate surface area is 81.2 Å². The highest BCUT2D eigenvalue weighted by atomic mass is 16.5. The second-order valence-electron chi connectivity index (χ2n) is 3.89. The lowest BCUT2D eigenvalue weighted by molar-refractivity contribution is 0.0701. The van der Waals surface area contributed by atoms with Crippen LogP contribution in [0.1, 0.15) is 19.8 Å². The second-order valence-corrected chi connectivity index (χ2v) is 3.89. The van der Waals surface area contributed by atoms with Crippen LogP contribution in [0.15, 0.2) is 0 Å². The van der Waals surface area contributed by atoms with E-state index in [9.17, 15) is 0 Å². The number of nitrogens with zero attached hydrogens (tertiary/aromatic N) is 1. The van der Waals surface area contributed by atoms with Gasteiger partial charge in [0.1, 0.15) is 0 Å². The fraction of sp³-hybridized carbons (Fsp3) is 1.00. The quantitative estimate of drug-likeness (QED) is 0.636. The van der Waals surface area contributed by atoms with E-state index in [2.05, 4.69) is 11.8 Å². The minimum Gasteiger partial charge on any atom is -0.379 e. The SMILES string of the molecule is CCN(CC1CC1)CC(CN)OC. The molecule has 13 heavy (non-hydrogen) atoms. The Bertz CT molecular complexity index is 133. The van der Waals surface area contributed by atoms with Crippen molar-refractivity contribution in [1.29, 1.82) is 0 Å². The molecule has 0 spiro atoms. The number of likely N-dealkylation sites (N-methyl/N-ethyl adjacent to an activating group) is 1. The zero-order valence-electron chi connectivity index (χ0n) is 8.83. The first-order valence-electron chi connectivity index (χ1n) is 5.25. The molecule has 0 bridgehead atoms. The molecular weight excluding hydrogens is 164 g/mol. The molecule has 0 amide bonds. The lowest BCUT2D eigenvalue weighted by atomic mass is 10.3. The van der Waals surface area contributed by atoms with Gasteiger partial charge < -0.3 is 15.4 Å². The van der Waals surface area contributed by atoms with Crippen molar-refractivity contribution in [1.82, 2.24) is 4.90 Å². The van der Waals surface area contributed by atoms with Gasteiger partial charge in [-0.2, -0.15) is 0 Å². The molecule has 1 aliphatic carbocycles. The molecule has 0 saturated heterocycles. The van der Waals surface area contributed by atoms with Crippen molar-refractivity contribution in [2.75, 3.05) is 33.3 Å². The molecule has 3 heteroatoms. The van der Waals surface area contributed by atoms with Crippen molar-refractivity contribution in [3.05, 3.63) is 0 Å². The zero-order chi connectivity index (χ0) is 9.68. The van der Waals surface area contributed by atoms with Crippen LogP contribution in [0.4, 0.5) is 0 Å². The summed E-state index contributed by atoms with van der Waals surface area (Å²) in [6.45, 7) is 6.15. The maximum atomic E-state index is 5.58. The second kappa shape index (κ2) is 5.58. The van der Waals surface area contributed by atoms with Crippen molar-refractivity contribution in [2.45, 2.75) is 25.9 Å². The summed E-state index contributed by atoms with van der Waals surface area (Å²) in [6.07, 6.45) is 3.03. The van der Waals surface area contributed by atoms with Crippen molar-refractivity contribution >= 4 is 0 Å². The number of ether oxygens (including phenoxy) is 1. The van der Waals surface area contributed by atoms with Crippen molar-refractivity contribution in [2.24, 2.45) is 11.7 Å². The molecule has 0 heterocycles. The first kappa shape index (κ1) is 11.0. The average Bonchev–Trinajstić information content (AvgIpc) is 2.95. The van der Waals surface area contributed by atoms with Gasteiger partial charge in [-0.15, -0.1) is 0 Å². The summed E-state index contributed by atoms with van der Waals surface area (Å²) >= 11 is 0. The first-order chi connectivity index (χ1) is 6.30. The van der Waals surface area contributed by atoms with Crippen LogP contribution in [0.2, 0.25) is 0 Å². The third-order valence-corrected chi connectivity index (χ3v) is 2.72. The van der Waals surface area contributed by atoms with E-state index in [0.717, 1.165) is 19.0 Å². The van der Waals surface area contributed by atoms with Gasteiger partial charge >= 0.3 is 0 Å². The van der Waals surface area contributed by atoms with E-state index in [4.69, 9.17) is 10.5 Å². The van der Waals surface area contributed by atoms with Crippen molar-refractivity contribution in [3.8, 4) is 0 Å². The fourth-order valence-electron chi connectivity index (χ4n) is 1.53. The van der Waals surface area contributed by atoms with Gasteiger partial charge in [0, 0.05) is 26.7 Å². The highest BCUT2D eigenvalue weighted by molar-refractivity contribution is 4.78. The lowest BCUT2D eigenvalue weighted by Crippen LogP contribution is -2.38. The van der Waals surface area contributed by atoms with Gasteiger partial charge in [-0.25, -0.2) is 0 Å². The molecule has 1 aliphatic rings. The Balaban J connectivity index is 2.19. The van der Waals surface area contributed by atoms with Crippen LogP contribution in [-0.2, 0) is 4.74 Å². The number of methoxy groups -OCH3 is 1. The van der Waals surface area contributed by atoms with Crippen LogP contribution in [0.25, 0.3) is 0 Å². The van der Waals surface area contributed by atoms with E-state index >= 15 is 0 Å². The Morgan fingerprint density at radius 1 is 1.54 bits per heavy atom. The van der Waals surface area contributed by atoms with E-state index in [-0.39, 0.29) is 6.10 Å². The van der Waals surface area contributed by atoms with Crippen molar-refractivity contribution in [3.63, 3.8) is 0 Å². The molecule has 78 valence electrons. The maximum Gasteiger partial charge on any atom is 0.0820 e. The molecule has 1 atom stereocenters. The third kappa shape index (κ3) is 4.07. The van der Waals surface area contributed by atoms with Gasteiger partial charge in [0.15, 0.2) is 0 Å². The Hall–Kier alpha value is -0.120. The normalized spacial score (nSPS) is 19.4. The van der Waals surface area contributed by atoms with Crippen molar-refractivity contribution < 1.29 is 4.74 Å². The summed E-state index contributed by atoms with van der Waals surface area (Å²) in [6, 6.07) is 0. The van der Waals surface area contributed by atoms with E-state index in [0.29, 0.717) is 6.54 Å². The number of nitrogens with two attached hydrogens (primary N) is 1. The van der Waals surface area contributed by atoms with Crippen LogP contribution in [0, 0.1) is 5.92 Å². The summed E-state index contributed by atoms with van der Waals surface area (Å²) in [5, 5.41) is 0. The van der Waals surface area contributed by atoms with E-state index in [1.807, 2.05) is 0 Å². The van der Waals surface area contributed by atoms with Crippen LogP contribution < -0.4 is 5.73 Å². The molecule has 3 nitrogen and oxygen atoms in total. The molecule has 2 N–H and O–H groups in total. The van der Waals surface area contributed by atoms with Gasteiger partial charge in [-0.1, -0.05) is 6.92 Å². The minimum absolute atomic E-state index is 0.207. The summed E-state index contributed by atoms with van der Waals surface area (Å²) in [4.78, 5) is 2.44. The predicted octanol–water partition coefficient (Wildman–Crippen LogP) is 0.692. The highest BCUT2D eigenvalue weighted by Gasteiger charge is 2.24. The van der Waals surface area contributed by atoms with E-state index in [1.54, 1.807) is 7.11 Å². The Kier molecular flexibility index (Phi) is 4.70. The summed E-state index contributed by atoms with van der Waals surface area (Å²) in [5.41, 5.74) is 5.58. The summed E-state index contributed by atoms with van der Waals surface area (Å²) < 4.78 is 5.27. The standard InChI is InChI=1S/C10H22N2O/c1-3-12(7-9-4-5-9)8-10(6-11)13-2/h9-10H,3-8,11H2,1-2H3. The van der Waals surface area contributed by atoms with Gasteiger partial charge in [0.25, 0.3) is 0 Å². The molecule has 0 radical (unpaired) electrons. The minimum atomic E-state index is 0.207. The molecule has 1 rings (SSSR count). The number of hydrogen-bond acceptors (Lipinski definition) is 3. The fourth-order valence-corrected chi connectivity index (χ4v) is 1.53. The molecule has 0 aliphatic heterocycles. The lowest BCUT2D eigenvalue weighted by Gasteiger charge is -2.24. The molecule has 1 unspecified atom stereocenters. The third-order valence-electron chi connectivity index (χ3n) is 2.72. The average molecular weight is 186 g/mol. The van der Waals surface area contributed by atoms with E-state index < -0.39 is 0 Å². The largest absolute Gasteiger partial charge is 0.379 e. The smallest absolute Gasteiger partial charge is 0.0820 e. The number of hydrogen-bond donors (Lipinski definition) is 1. The monoisotopic (exact) mass is 186 g/mol. The van der Waals surface area contributed by atoms with Gasteiger partial charge in [-0.3, -0.25) is 0 Å². The molecular formula is C10H22N2O. The first-order valence-corrected chi connectivity index (χ1v) is 5.25. The van der Waals surface area contributed by atoms with Gasteiger partial charge in [0.05, 0.1) is 6.10 Å². The maximum absolute atomic E-state index is 5.58. The van der Waals surface area contributed by atoms with Crippen LogP contribution in [0.5, 0.6) is 0 Å². The number of rotatable bonds is 7. The van der Waals surface area contributed by atoms with Crippen LogP contribution >= 0.6 is 0 Å². The molecule has 0 aromatic carbocycles. The Morgan fingerprint density at radius 2 is 2.23 bits per heavy atom. The summed E-state index contributed by atoms with van der Waals surface area (Å²) in [5.74, 6) is 0.954. The topological polar surface area (TPSA) is 38.5 Å². The molecule has 0 aromatic rings. The zero-order valence-corrected chi connectivity index (χ0v) is 8.83. The molecule has 1 fully saturated rings. The Morgan fingerprint density at radius 3 is 2.62 bits per heavy atom. The molecule has 0 aromatic heterocycles. The van der Waals surface area contributed by atoms with Crippen LogP contribution in [0.3, 0.4) is 0 Å². The highest BCUT2D eigenvalue weighted by Crippen LogP contribution is 2.29. The van der Waals surface area contributed by atoms with E-state index in [1.165, 1.54) is 19.4 Å².